The first kappa shape index (κ1) is 9.97. The van der Waals surface area contributed by atoms with E-state index in [1.54, 1.807) is 0 Å². The zero-order chi connectivity index (χ0) is 9.97. The van der Waals surface area contributed by atoms with Gasteiger partial charge >= 0.3 is 0 Å². The van der Waals surface area contributed by atoms with Crippen molar-refractivity contribution >= 4 is 5.84 Å². The second-order valence-electron chi connectivity index (χ2n) is 4.46. The Labute approximate surface area is 85.9 Å². The highest BCUT2D eigenvalue weighted by Gasteiger charge is 2.29. The van der Waals surface area contributed by atoms with Crippen LogP contribution in [0.2, 0.25) is 0 Å². The van der Waals surface area contributed by atoms with Gasteiger partial charge in [-0.3, -0.25) is 5.41 Å². The lowest BCUT2D eigenvalue weighted by molar-refractivity contribution is 0.157. The van der Waals surface area contributed by atoms with Crippen LogP contribution in [0.1, 0.15) is 32.6 Å². The van der Waals surface area contributed by atoms with Crippen LogP contribution in [-0.2, 0) is 4.74 Å². The van der Waals surface area contributed by atoms with Crippen LogP contribution >= 0.6 is 0 Å². The van der Waals surface area contributed by atoms with Crippen LogP contribution in [-0.4, -0.2) is 36.5 Å². The van der Waals surface area contributed by atoms with E-state index >= 15 is 0 Å². The number of piperidine rings is 1. The number of likely N-dealkylation sites (tertiary alicyclic amines) is 1. The Morgan fingerprint density at radius 1 is 1.50 bits per heavy atom. The minimum absolute atomic E-state index is 0.505. The predicted molar refractivity (Wildman–Crippen MR) is 56.7 cm³/mol. The van der Waals surface area contributed by atoms with Crippen molar-refractivity contribution < 1.29 is 4.74 Å². The molecule has 3 nitrogen and oxygen atoms in total. The van der Waals surface area contributed by atoms with Crippen molar-refractivity contribution in [3.05, 3.63) is 0 Å². The van der Waals surface area contributed by atoms with Gasteiger partial charge in [0.05, 0.1) is 12.4 Å². The van der Waals surface area contributed by atoms with Gasteiger partial charge in [-0.05, 0) is 26.2 Å². The second kappa shape index (κ2) is 4.30. The van der Waals surface area contributed by atoms with E-state index in [9.17, 15) is 0 Å². The second-order valence-corrected chi connectivity index (χ2v) is 4.46. The van der Waals surface area contributed by atoms with Gasteiger partial charge in [-0.25, -0.2) is 0 Å². The smallest absolute Gasteiger partial charge is 0.0960 e. The number of nitrogens with one attached hydrogen (secondary N) is 1. The van der Waals surface area contributed by atoms with Crippen molar-refractivity contribution in [3.63, 3.8) is 0 Å². The summed E-state index contributed by atoms with van der Waals surface area (Å²) in [4.78, 5) is 2.28. The number of hydrogen-bond donors (Lipinski definition) is 1. The third-order valence-corrected chi connectivity index (χ3v) is 3.55. The molecule has 0 aromatic rings. The topological polar surface area (TPSA) is 36.3 Å². The molecule has 0 aromatic carbocycles. The highest BCUT2D eigenvalue weighted by atomic mass is 16.5. The molecule has 0 spiro atoms. The van der Waals surface area contributed by atoms with Crippen LogP contribution in [0.3, 0.4) is 0 Å². The van der Waals surface area contributed by atoms with Crippen molar-refractivity contribution in [2.75, 3.05) is 19.8 Å². The third-order valence-electron chi connectivity index (χ3n) is 3.55. The monoisotopic (exact) mass is 196 g/mol. The first-order chi connectivity index (χ1) is 6.79. The van der Waals surface area contributed by atoms with Gasteiger partial charge in [0.2, 0.25) is 0 Å². The molecule has 0 saturated carbocycles. The molecular weight excluding hydrogens is 176 g/mol. The van der Waals surface area contributed by atoms with Gasteiger partial charge in [0.15, 0.2) is 0 Å². The van der Waals surface area contributed by atoms with Crippen molar-refractivity contribution in [1.82, 2.24) is 4.90 Å². The van der Waals surface area contributed by atoms with Gasteiger partial charge in [0, 0.05) is 31.5 Å². The fourth-order valence-electron chi connectivity index (χ4n) is 2.49. The summed E-state index contributed by atoms with van der Waals surface area (Å²) in [6.07, 6.45) is 4.59. The fourth-order valence-corrected chi connectivity index (χ4v) is 2.49. The van der Waals surface area contributed by atoms with Gasteiger partial charge in [-0.2, -0.15) is 0 Å². The minimum atomic E-state index is 0.505. The average molecular weight is 196 g/mol. The summed E-state index contributed by atoms with van der Waals surface area (Å²) >= 11 is 0. The molecule has 14 heavy (non-hydrogen) atoms. The van der Waals surface area contributed by atoms with Crippen molar-refractivity contribution in [2.45, 2.75) is 38.6 Å². The minimum Gasteiger partial charge on any atom is -0.381 e. The van der Waals surface area contributed by atoms with Crippen molar-refractivity contribution in [1.29, 1.82) is 5.41 Å². The number of hydrogen-bond acceptors (Lipinski definition) is 2. The molecule has 0 bridgehead atoms. The lowest BCUT2D eigenvalue weighted by Crippen LogP contribution is -2.45. The molecule has 2 heterocycles. The number of nitrogens with zero attached hydrogens (tertiary/aromatic N) is 1. The van der Waals surface area contributed by atoms with Crippen molar-refractivity contribution in [2.24, 2.45) is 5.92 Å². The zero-order valence-corrected chi connectivity index (χ0v) is 8.96. The lowest BCUT2D eigenvalue weighted by Gasteiger charge is -2.37. The van der Waals surface area contributed by atoms with E-state index in [4.69, 9.17) is 10.1 Å². The van der Waals surface area contributed by atoms with Crippen LogP contribution in [0, 0.1) is 11.3 Å². The Bertz CT molecular complexity index is 211. The van der Waals surface area contributed by atoms with Gasteiger partial charge in [-0.15, -0.1) is 0 Å². The maximum Gasteiger partial charge on any atom is 0.0960 e. The van der Waals surface area contributed by atoms with E-state index in [0.717, 1.165) is 32.0 Å². The van der Waals surface area contributed by atoms with Gasteiger partial charge < -0.3 is 9.64 Å². The van der Waals surface area contributed by atoms with E-state index in [0.29, 0.717) is 12.0 Å². The highest BCUT2D eigenvalue weighted by molar-refractivity contribution is 5.80. The standard InChI is InChI=1S/C11H20N2O/c1-9(10-5-7-14-8-10)13-6-3-2-4-11(13)12/h9-10,12H,2-8H2,1H3. The maximum absolute atomic E-state index is 7.93. The predicted octanol–water partition coefficient (Wildman–Crippen LogP) is 1.87. The van der Waals surface area contributed by atoms with E-state index in [-0.39, 0.29) is 0 Å². The van der Waals surface area contributed by atoms with E-state index in [2.05, 4.69) is 11.8 Å². The van der Waals surface area contributed by atoms with E-state index in [1.807, 2.05) is 0 Å². The maximum atomic E-state index is 7.93. The first-order valence-electron chi connectivity index (χ1n) is 5.71. The molecular formula is C11H20N2O. The Balaban J connectivity index is 1.94. The summed E-state index contributed by atoms with van der Waals surface area (Å²) in [6, 6.07) is 0.505. The molecule has 3 heteroatoms. The molecule has 0 radical (unpaired) electrons. The zero-order valence-electron chi connectivity index (χ0n) is 8.96. The van der Waals surface area contributed by atoms with Gasteiger partial charge in [0.1, 0.15) is 0 Å². The lowest BCUT2D eigenvalue weighted by atomic mass is 9.96. The Morgan fingerprint density at radius 2 is 2.36 bits per heavy atom. The molecule has 2 atom stereocenters. The molecule has 2 unspecified atom stereocenters. The van der Waals surface area contributed by atoms with Crippen LogP contribution in [0.25, 0.3) is 0 Å². The average Bonchev–Trinajstić information content (AvgIpc) is 2.70. The number of amidine groups is 1. The molecule has 2 fully saturated rings. The van der Waals surface area contributed by atoms with Gasteiger partial charge in [0.25, 0.3) is 0 Å². The summed E-state index contributed by atoms with van der Waals surface area (Å²) in [6.45, 7) is 5.14. The highest BCUT2D eigenvalue weighted by Crippen LogP contribution is 2.24. The summed E-state index contributed by atoms with van der Waals surface area (Å²) in [5, 5.41) is 7.93. The first-order valence-corrected chi connectivity index (χ1v) is 5.71. The Hall–Kier alpha value is -0.570. The summed E-state index contributed by atoms with van der Waals surface area (Å²) in [7, 11) is 0. The summed E-state index contributed by atoms with van der Waals surface area (Å²) < 4.78 is 5.41. The normalized spacial score (nSPS) is 30.8. The van der Waals surface area contributed by atoms with Crippen LogP contribution in [0.5, 0.6) is 0 Å². The van der Waals surface area contributed by atoms with Crippen molar-refractivity contribution in [3.8, 4) is 0 Å². The molecule has 0 aromatic heterocycles. The van der Waals surface area contributed by atoms with Crippen LogP contribution in [0.4, 0.5) is 0 Å². The number of ether oxygens (including phenoxy) is 1. The number of rotatable bonds is 2. The Morgan fingerprint density at radius 3 is 3.00 bits per heavy atom. The third kappa shape index (κ3) is 1.92. The van der Waals surface area contributed by atoms with Crippen LogP contribution < -0.4 is 0 Å². The summed E-state index contributed by atoms with van der Waals surface area (Å²) in [5.74, 6) is 1.49. The molecule has 2 rings (SSSR count). The fraction of sp³-hybridized carbons (Fsp3) is 0.909. The Kier molecular flexibility index (Phi) is 3.06. The van der Waals surface area contributed by atoms with Gasteiger partial charge in [-0.1, -0.05) is 0 Å². The molecule has 0 amide bonds. The molecule has 2 aliphatic rings. The van der Waals surface area contributed by atoms with Crippen LogP contribution in [0.15, 0.2) is 0 Å². The molecule has 0 aliphatic carbocycles. The SMILES string of the molecule is CC(C1CCOC1)N1CCCCC1=N. The molecule has 1 N–H and O–H groups in total. The molecule has 2 aliphatic heterocycles. The summed E-state index contributed by atoms with van der Waals surface area (Å²) in [5.41, 5.74) is 0. The van der Waals surface area contributed by atoms with E-state index in [1.165, 1.54) is 19.3 Å². The molecule has 2 saturated heterocycles. The largest absolute Gasteiger partial charge is 0.381 e. The quantitative estimate of drug-likeness (QED) is 0.732. The molecule has 80 valence electrons. The van der Waals surface area contributed by atoms with E-state index < -0.39 is 0 Å².